The first-order chi connectivity index (χ1) is 12.8. The lowest BCUT2D eigenvalue weighted by Crippen LogP contribution is -2.24. The highest BCUT2D eigenvalue weighted by Gasteiger charge is 2.14. The van der Waals surface area contributed by atoms with Gasteiger partial charge in [-0.1, -0.05) is 42.1 Å². The van der Waals surface area contributed by atoms with Gasteiger partial charge in [0.05, 0.1) is 12.8 Å². The maximum atomic E-state index is 5.88. The summed E-state index contributed by atoms with van der Waals surface area (Å²) in [5.74, 6) is 1.58. The Bertz CT molecular complexity index is 726. The number of nitrogens with zero attached hydrogens (tertiary/aromatic N) is 2. The van der Waals surface area contributed by atoms with E-state index in [4.69, 9.17) is 15.2 Å². The third-order valence-corrected chi connectivity index (χ3v) is 4.73. The standard InChI is InChI=1S/C20H23N3O2S/c21-20(26-15-17-6-2-1-3-7-17)23-22-14-16-9-11-18(12-10-16)25-19-8-4-5-13-24-19/h1-3,6-7,9-12,14,19H,4-5,8,13,15H2,(H2,21,23). The highest BCUT2D eigenvalue weighted by atomic mass is 32.2. The van der Waals surface area contributed by atoms with Crippen LogP contribution in [0.15, 0.2) is 64.8 Å². The molecule has 0 radical (unpaired) electrons. The molecule has 5 nitrogen and oxygen atoms in total. The van der Waals surface area contributed by atoms with Crippen LogP contribution in [0.25, 0.3) is 0 Å². The molecule has 6 heteroatoms. The minimum Gasteiger partial charge on any atom is -0.465 e. The second-order valence-electron chi connectivity index (χ2n) is 5.94. The molecule has 3 rings (SSSR count). The minimum atomic E-state index is -0.130. The summed E-state index contributed by atoms with van der Waals surface area (Å²) in [6.07, 6.45) is 4.75. The normalized spacial score (nSPS) is 18.2. The van der Waals surface area contributed by atoms with Crippen LogP contribution in [-0.2, 0) is 10.5 Å². The lowest BCUT2D eigenvalue weighted by atomic mass is 10.2. The van der Waals surface area contributed by atoms with E-state index < -0.39 is 0 Å². The van der Waals surface area contributed by atoms with Crippen molar-refractivity contribution in [2.24, 2.45) is 15.9 Å². The van der Waals surface area contributed by atoms with Gasteiger partial charge in [0.25, 0.3) is 0 Å². The number of rotatable bonds is 6. The molecule has 2 aromatic rings. The number of benzene rings is 2. The van der Waals surface area contributed by atoms with E-state index in [1.165, 1.54) is 17.3 Å². The molecule has 1 atom stereocenters. The molecule has 1 saturated heterocycles. The molecule has 0 aromatic heterocycles. The summed E-state index contributed by atoms with van der Waals surface area (Å²) < 4.78 is 11.4. The molecule has 0 aliphatic carbocycles. The second-order valence-corrected chi connectivity index (χ2v) is 6.94. The van der Waals surface area contributed by atoms with E-state index in [0.717, 1.165) is 42.9 Å². The lowest BCUT2D eigenvalue weighted by molar-refractivity contribution is -0.105. The Morgan fingerprint density at radius 2 is 1.96 bits per heavy atom. The zero-order valence-corrected chi connectivity index (χ0v) is 15.4. The fourth-order valence-corrected chi connectivity index (χ4v) is 3.11. The van der Waals surface area contributed by atoms with Gasteiger partial charge in [0.1, 0.15) is 5.75 Å². The molecular formula is C20H23N3O2S. The number of hydrogen-bond donors (Lipinski definition) is 1. The van der Waals surface area contributed by atoms with Gasteiger partial charge in [0, 0.05) is 12.2 Å². The zero-order chi connectivity index (χ0) is 18.0. The topological polar surface area (TPSA) is 69.2 Å². The van der Waals surface area contributed by atoms with Gasteiger partial charge in [-0.2, -0.15) is 5.10 Å². The van der Waals surface area contributed by atoms with E-state index in [0.29, 0.717) is 5.17 Å². The van der Waals surface area contributed by atoms with Gasteiger partial charge in [-0.15, -0.1) is 5.10 Å². The van der Waals surface area contributed by atoms with Crippen LogP contribution in [-0.4, -0.2) is 24.3 Å². The SMILES string of the molecule is NC(=NN=Cc1ccc(OC2CCCCO2)cc1)SCc1ccccc1. The van der Waals surface area contributed by atoms with Gasteiger partial charge in [0.2, 0.25) is 0 Å². The summed E-state index contributed by atoms with van der Waals surface area (Å²) in [7, 11) is 0. The average Bonchev–Trinajstić information content (AvgIpc) is 2.69. The summed E-state index contributed by atoms with van der Waals surface area (Å²) in [5.41, 5.74) is 8.02. The maximum Gasteiger partial charge on any atom is 0.199 e. The first-order valence-corrected chi connectivity index (χ1v) is 9.70. The van der Waals surface area contributed by atoms with E-state index >= 15 is 0 Å². The van der Waals surface area contributed by atoms with Crippen LogP contribution in [0.4, 0.5) is 0 Å². The maximum absolute atomic E-state index is 5.88. The molecule has 1 fully saturated rings. The Balaban J connectivity index is 1.46. The molecule has 1 aliphatic heterocycles. The van der Waals surface area contributed by atoms with Crippen molar-refractivity contribution in [1.82, 2.24) is 0 Å². The molecule has 0 bridgehead atoms. The first kappa shape index (κ1) is 18.5. The van der Waals surface area contributed by atoms with E-state index in [-0.39, 0.29) is 6.29 Å². The van der Waals surface area contributed by atoms with Gasteiger partial charge >= 0.3 is 0 Å². The number of hydrogen-bond acceptors (Lipinski definition) is 5. The predicted molar refractivity (Wildman–Crippen MR) is 108 cm³/mol. The fraction of sp³-hybridized carbons (Fsp3) is 0.300. The third kappa shape index (κ3) is 6.20. The Morgan fingerprint density at radius 1 is 1.15 bits per heavy atom. The van der Waals surface area contributed by atoms with E-state index in [2.05, 4.69) is 22.3 Å². The number of amidine groups is 1. The van der Waals surface area contributed by atoms with Crippen LogP contribution in [0.2, 0.25) is 0 Å². The van der Waals surface area contributed by atoms with Gasteiger partial charge < -0.3 is 15.2 Å². The molecule has 0 amide bonds. The van der Waals surface area contributed by atoms with Gasteiger partial charge in [-0.25, -0.2) is 0 Å². The molecular weight excluding hydrogens is 346 g/mol. The monoisotopic (exact) mass is 369 g/mol. The van der Waals surface area contributed by atoms with Crippen molar-refractivity contribution in [3.05, 3.63) is 65.7 Å². The Kier molecular flexibility index (Phi) is 7.10. The van der Waals surface area contributed by atoms with Gasteiger partial charge in [-0.3, -0.25) is 0 Å². The van der Waals surface area contributed by atoms with E-state index in [1.54, 1.807) is 6.21 Å². The quantitative estimate of drug-likeness (QED) is 0.471. The summed E-state index contributed by atoms with van der Waals surface area (Å²) in [6.45, 7) is 0.775. The van der Waals surface area contributed by atoms with Crippen molar-refractivity contribution >= 4 is 23.1 Å². The highest BCUT2D eigenvalue weighted by Crippen LogP contribution is 2.19. The van der Waals surface area contributed by atoms with E-state index in [9.17, 15) is 0 Å². The van der Waals surface area contributed by atoms with Crippen LogP contribution in [0, 0.1) is 0 Å². The minimum absolute atomic E-state index is 0.130. The molecule has 1 heterocycles. The molecule has 1 unspecified atom stereocenters. The number of thioether (sulfide) groups is 1. The predicted octanol–water partition coefficient (Wildman–Crippen LogP) is 4.17. The van der Waals surface area contributed by atoms with Crippen molar-refractivity contribution in [2.45, 2.75) is 31.3 Å². The van der Waals surface area contributed by atoms with Crippen LogP contribution >= 0.6 is 11.8 Å². The Morgan fingerprint density at radius 3 is 2.69 bits per heavy atom. The summed E-state index contributed by atoms with van der Waals surface area (Å²) >= 11 is 1.47. The lowest BCUT2D eigenvalue weighted by Gasteiger charge is -2.23. The average molecular weight is 369 g/mol. The van der Waals surface area contributed by atoms with Crippen molar-refractivity contribution in [3.8, 4) is 5.75 Å². The summed E-state index contributed by atoms with van der Waals surface area (Å²) in [6, 6.07) is 17.8. The molecule has 2 N–H and O–H groups in total. The van der Waals surface area contributed by atoms with Crippen LogP contribution in [0.3, 0.4) is 0 Å². The fourth-order valence-electron chi connectivity index (χ4n) is 2.50. The molecule has 2 aromatic carbocycles. The molecule has 26 heavy (non-hydrogen) atoms. The van der Waals surface area contributed by atoms with Gasteiger partial charge in [-0.05, 0) is 48.2 Å². The highest BCUT2D eigenvalue weighted by molar-refractivity contribution is 8.13. The molecule has 0 spiro atoms. The molecule has 0 saturated carbocycles. The zero-order valence-electron chi connectivity index (χ0n) is 14.6. The number of ether oxygens (including phenoxy) is 2. The van der Waals surface area contributed by atoms with Crippen molar-refractivity contribution in [3.63, 3.8) is 0 Å². The summed E-state index contributed by atoms with van der Waals surface area (Å²) in [4.78, 5) is 0. The number of nitrogens with two attached hydrogens (primary N) is 1. The Hall–Kier alpha value is -2.31. The van der Waals surface area contributed by atoms with Crippen molar-refractivity contribution in [2.75, 3.05) is 6.61 Å². The Labute approximate surface area is 158 Å². The smallest absolute Gasteiger partial charge is 0.199 e. The van der Waals surface area contributed by atoms with Gasteiger partial charge in [0.15, 0.2) is 11.5 Å². The largest absolute Gasteiger partial charge is 0.465 e. The second kappa shape index (κ2) is 9.99. The summed E-state index contributed by atoms with van der Waals surface area (Å²) in [5, 5.41) is 8.52. The third-order valence-electron chi connectivity index (χ3n) is 3.88. The molecule has 136 valence electrons. The van der Waals surface area contributed by atoms with Crippen molar-refractivity contribution in [1.29, 1.82) is 0 Å². The van der Waals surface area contributed by atoms with Crippen LogP contribution in [0.5, 0.6) is 5.75 Å². The first-order valence-electron chi connectivity index (χ1n) is 8.71. The molecule has 1 aliphatic rings. The van der Waals surface area contributed by atoms with Crippen molar-refractivity contribution < 1.29 is 9.47 Å². The van der Waals surface area contributed by atoms with Crippen LogP contribution < -0.4 is 10.5 Å². The van der Waals surface area contributed by atoms with Crippen LogP contribution in [0.1, 0.15) is 30.4 Å². The van der Waals surface area contributed by atoms with E-state index in [1.807, 2.05) is 42.5 Å².